The minimum absolute atomic E-state index is 0.0284. The first-order valence-electron chi connectivity index (χ1n) is 7.52. The van der Waals surface area contributed by atoms with Crippen LogP contribution in [-0.4, -0.2) is 26.5 Å². The highest BCUT2D eigenvalue weighted by atomic mass is 16.5. The number of hydrogen-bond donors (Lipinski definition) is 0. The van der Waals surface area contributed by atoms with Gasteiger partial charge in [-0.2, -0.15) is 0 Å². The van der Waals surface area contributed by atoms with Crippen LogP contribution in [0.3, 0.4) is 0 Å². The van der Waals surface area contributed by atoms with Crippen molar-refractivity contribution in [1.82, 2.24) is 0 Å². The lowest BCUT2D eigenvalue weighted by atomic mass is 10.0. The monoisotopic (exact) mass is 297 g/mol. The maximum absolute atomic E-state index is 12.5. The number of rotatable bonds is 6. The van der Waals surface area contributed by atoms with Crippen LogP contribution in [0.2, 0.25) is 0 Å². The molecule has 0 aliphatic rings. The van der Waals surface area contributed by atoms with Gasteiger partial charge in [-0.15, -0.1) is 0 Å². The summed E-state index contributed by atoms with van der Waals surface area (Å²) in [5.41, 5.74) is 2.45. The van der Waals surface area contributed by atoms with Gasteiger partial charge < -0.3 is 9.64 Å². The fourth-order valence-corrected chi connectivity index (χ4v) is 2.04. The maximum atomic E-state index is 12.5. The zero-order valence-corrected chi connectivity index (χ0v) is 13.7. The van der Waals surface area contributed by atoms with Crippen LogP contribution in [0, 0.1) is 5.92 Å². The molecule has 2 rings (SSSR count). The van der Waals surface area contributed by atoms with Gasteiger partial charge in [-0.25, -0.2) is 0 Å². The molecule has 116 valence electrons. The number of benzene rings is 2. The number of carbonyl (C=O) groups is 1. The second-order valence-electron chi connectivity index (χ2n) is 6.00. The molecule has 0 saturated heterocycles. The minimum atomic E-state index is 0.0284. The number of carbonyl (C=O) groups excluding carboxylic acids is 1. The van der Waals surface area contributed by atoms with Crippen molar-refractivity contribution < 1.29 is 9.53 Å². The van der Waals surface area contributed by atoms with E-state index in [4.69, 9.17) is 4.74 Å². The first-order valence-corrected chi connectivity index (χ1v) is 7.52. The van der Waals surface area contributed by atoms with Crippen molar-refractivity contribution in [3.8, 4) is 5.75 Å². The van der Waals surface area contributed by atoms with Crippen molar-refractivity contribution in [2.24, 2.45) is 5.92 Å². The fraction of sp³-hybridized carbons (Fsp3) is 0.316. The average molecular weight is 297 g/mol. The highest BCUT2D eigenvalue weighted by Gasteiger charge is 2.09. The van der Waals surface area contributed by atoms with Gasteiger partial charge in [0.05, 0.1) is 6.61 Å². The topological polar surface area (TPSA) is 29.5 Å². The Labute approximate surface area is 132 Å². The summed E-state index contributed by atoms with van der Waals surface area (Å²) in [5, 5.41) is 0. The molecule has 3 nitrogen and oxygen atoms in total. The van der Waals surface area contributed by atoms with E-state index in [0.29, 0.717) is 23.7 Å². The predicted molar refractivity (Wildman–Crippen MR) is 91.0 cm³/mol. The molecule has 2 aromatic rings. The van der Waals surface area contributed by atoms with E-state index in [2.05, 4.69) is 13.8 Å². The molecule has 0 saturated carbocycles. The molecule has 0 aliphatic heterocycles. The van der Waals surface area contributed by atoms with Crippen LogP contribution in [0.1, 0.15) is 29.8 Å². The van der Waals surface area contributed by atoms with Crippen LogP contribution in [0.5, 0.6) is 5.75 Å². The van der Waals surface area contributed by atoms with Crippen LogP contribution in [-0.2, 0) is 0 Å². The van der Waals surface area contributed by atoms with Crippen LogP contribution >= 0.6 is 0 Å². The highest BCUT2D eigenvalue weighted by molar-refractivity contribution is 6.09. The molecule has 0 bridgehead atoms. The van der Waals surface area contributed by atoms with Crippen LogP contribution in [0.4, 0.5) is 5.69 Å². The van der Waals surface area contributed by atoms with Gasteiger partial charge in [0.1, 0.15) is 5.75 Å². The summed E-state index contributed by atoms with van der Waals surface area (Å²) in [5.74, 6) is 1.31. The van der Waals surface area contributed by atoms with Crippen molar-refractivity contribution in [2.45, 2.75) is 13.8 Å². The molecule has 0 aromatic heterocycles. The summed E-state index contributed by atoms with van der Waals surface area (Å²) < 4.78 is 5.63. The standard InChI is InChI=1S/C19H23NO2/c1-14(2)13-22-18-11-7-16(8-12-18)19(21)15-5-9-17(10-6-15)20(3)4/h5-12,14H,13H2,1-4H3. The third-order valence-electron chi connectivity index (χ3n) is 3.35. The number of ketones is 1. The first kappa shape index (κ1) is 16.1. The van der Waals surface area contributed by atoms with Gasteiger partial charge in [-0.05, 0) is 54.4 Å². The lowest BCUT2D eigenvalue weighted by Gasteiger charge is -2.12. The Kier molecular flexibility index (Phi) is 5.21. The van der Waals surface area contributed by atoms with Crippen molar-refractivity contribution in [3.05, 3.63) is 59.7 Å². The molecular formula is C19H23NO2. The molecule has 0 atom stereocenters. The Bertz CT molecular complexity index is 613. The third kappa shape index (κ3) is 4.10. The molecule has 0 amide bonds. The van der Waals surface area contributed by atoms with Gasteiger partial charge in [0.2, 0.25) is 0 Å². The zero-order chi connectivity index (χ0) is 16.1. The van der Waals surface area contributed by atoms with Crippen LogP contribution < -0.4 is 9.64 Å². The highest BCUT2D eigenvalue weighted by Crippen LogP contribution is 2.18. The van der Waals surface area contributed by atoms with E-state index in [1.807, 2.05) is 67.5 Å². The molecule has 0 N–H and O–H groups in total. The largest absolute Gasteiger partial charge is 0.493 e. The zero-order valence-electron chi connectivity index (χ0n) is 13.7. The second kappa shape index (κ2) is 7.12. The van der Waals surface area contributed by atoms with Gasteiger partial charge >= 0.3 is 0 Å². The van der Waals surface area contributed by atoms with Gasteiger partial charge in [0, 0.05) is 30.9 Å². The maximum Gasteiger partial charge on any atom is 0.193 e. The number of ether oxygens (including phenoxy) is 1. The van der Waals surface area contributed by atoms with E-state index in [0.717, 1.165) is 11.4 Å². The van der Waals surface area contributed by atoms with E-state index < -0.39 is 0 Å². The molecule has 22 heavy (non-hydrogen) atoms. The summed E-state index contributed by atoms with van der Waals surface area (Å²) in [6.45, 7) is 4.89. The van der Waals surface area contributed by atoms with Gasteiger partial charge in [-0.1, -0.05) is 13.8 Å². The summed E-state index contributed by atoms with van der Waals surface area (Å²) in [7, 11) is 3.96. The molecule has 0 aliphatic carbocycles. The minimum Gasteiger partial charge on any atom is -0.493 e. The Morgan fingerprint density at radius 3 is 1.91 bits per heavy atom. The normalized spacial score (nSPS) is 10.6. The smallest absolute Gasteiger partial charge is 0.193 e. The summed E-state index contributed by atoms with van der Waals surface area (Å²) in [6, 6.07) is 15.0. The summed E-state index contributed by atoms with van der Waals surface area (Å²) >= 11 is 0. The van der Waals surface area contributed by atoms with Crippen LogP contribution in [0.25, 0.3) is 0 Å². The van der Waals surface area contributed by atoms with Crippen molar-refractivity contribution in [3.63, 3.8) is 0 Å². The van der Waals surface area contributed by atoms with Gasteiger partial charge in [-0.3, -0.25) is 4.79 Å². The third-order valence-corrected chi connectivity index (χ3v) is 3.35. The molecule has 2 aromatic carbocycles. The fourth-order valence-electron chi connectivity index (χ4n) is 2.04. The Morgan fingerprint density at radius 1 is 0.955 bits per heavy atom. The second-order valence-corrected chi connectivity index (χ2v) is 6.00. The van der Waals surface area contributed by atoms with E-state index >= 15 is 0 Å². The summed E-state index contributed by atoms with van der Waals surface area (Å²) in [6.07, 6.45) is 0. The Balaban J connectivity index is 2.09. The molecule has 3 heteroatoms. The Hall–Kier alpha value is -2.29. The lowest BCUT2D eigenvalue weighted by Crippen LogP contribution is -2.09. The molecule has 0 heterocycles. The van der Waals surface area contributed by atoms with Crippen LogP contribution in [0.15, 0.2) is 48.5 Å². The predicted octanol–water partition coefficient (Wildman–Crippen LogP) is 4.02. The van der Waals surface area contributed by atoms with E-state index in [1.54, 1.807) is 0 Å². The SMILES string of the molecule is CC(C)COc1ccc(C(=O)c2ccc(N(C)C)cc2)cc1. The van der Waals surface area contributed by atoms with Crippen molar-refractivity contribution >= 4 is 11.5 Å². The summed E-state index contributed by atoms with van der Waals surface area (Å²) in [4.78, 5) is 14.5. The lowest BCUT2D eigenvalue weighted by molar-refractivity contribution is 0.103. The Morgan fingerprint density at radius 2 is 1.45 bits per heavy atom. The van der Waals surface area contributed by atoms with E-state index in [9.17, 15) is 4.79 Å². The van der Waals surface area contributed by atoms with Gasteiger partial charge in [0.15, 0.2) is 5.78 Å². The molecule has 0 fully saturated rings. The number of anilines is 1. The first-order chi connectivity index (χ1) is 10.5. The average Bonchev–Trinajstić information content (AvgIpc) is 2.53. The molecular weight excluding hydrogens is 274 g/mol. The molecule has 0 spiro atoms. The molecule has 0 radical (unpaired) electrons. The number of hydrogen-bond acceptors (Lipinski definition) is 3. The van der Waals surface area contributed by atoms with E-state index in [-0.39, 0.29) is 5.78 Å². The van der Waals surface area contributed by atoms with Crippen molar-refractivity contribution in [1.29, 1.82) is 0 Å². The quantitative estimate of drug-likeness (QED) is 0.754. The van der Waals surface area contributed by atoms with Crippen molar-refractivity contribution in [2.75, 3.05) is 25.6 Å². The number of nitrogens with zero attached hydrogens (tertiary/aromatic N) is 1. The van der Waals surface area contributed by atoms with Gasteiger partial charge in [0.25, 0.3) is 0 Å². The molecule has 0 unspecified atom stereocenters. The van der Waals surface area contributed by atoms with E-state index in [1.165, 1.54) is 0 Å².